The van der Waals surface area contributed by atoms with E-state index >= 15 is 0 Å². The van der Waals surface area contributed by atoms with E-state index < -0.39 is 36.0 Å². The number of β-amino-alcohol motifs (C(OH)–C–C–N with tert-alkyl or cyclic N) is 1. The van der Waals surface area contributed by atoms with Gasteiger partial charge < -0.3 is 20.4 Å². The van der Waals surface area contributed by atoms with Gasteiger partial charge in [0.1, 0.15) is 12.1 Å². The normalized spacial score (nSPS) is 24.0. The van der Waals surface area contributed by atoms with Crippen molar-refractivity contribution in [1.82, 2.24) is 10.2 Å². The highest BCUT2D eigenvalue weighted by Gasteiger charge is 2.39. The summed E-state index contributed by atoms with van der Waals surface area (Å²) in [5, 5.41) is 29.7. The summed E-state index contributed by atoms with van der Waals surface area (Å²) in [4.78, 5) is 36.0. The topological polar surface area (TPSA) is 131 Å². The molecule has 1 heterocycles. The van der Waals surface area contributed by atoms with Crippen molar-refractivity contribution in [3.05, 3.63) is 0 Å². The molecule has 116 valence electrons. The van der Waals surface area contributed by atoms with Crippen molar-refractivity contribution in [3.63, 3.8) is 0 Å². The number of amides is 2. The van der Waals surface area contributed by atoms with Crippen molar-refractivity contribution in [2.45, 2.75) is 44.9 Å². The fourth-order valence-electron chi connectivity index (χ4n) is 2.37. The molecule has 0 bridgehead atoms. The van der Waals surface area contributed by atoms with Gasteiger partial charge in [0, 0.05) is 32.2 Å². The molecule has 0 aromatic rings. The zero-order valence-corrected chi connectivity index (χ0v) is 11.9. The van der Waals surface area contributed by atoms with Crippen LogP contribution in [0.2, 0.25) is 0 Å². The summed E-state index contributed by atoms with van der Waals surface area (Å²) in [7, 11) is 0. The lowest BCUT2D eigenvalue weighted by molar-refractivity contribution is -0.144. The lowest BCUT2D eigenvalue weighted by atomic mass is 9.98. The van der Waals surface area contributed by atoms with Crippen LogP contribution in [0.3, 0.4) is 0 Å². The van der Waals surface area contributed by atoms with Crippen molar-refractivity contribution < 1.29 is 24.6 Å². The number of carboxylic acids is 1. The fraction of sp³-hybridized carbons (Fsp3) is 0.692. The van der Waals surface area contributed by atoms with Gasteiger partial charge in [-0.15, -0.1) is 0 Å². The van der Waals surface area contributed by atoms with E-state index in [4.69, 9.17) is 10.4 Å². The highest BCUT2D eigenvalue weighted by Crippen LogP contribution is 2.19. The Balaban J connectivity index is 2.80. The number of hydrogen-bond acceptors (Lipinski definition) is 5. The van der Waals surface area contributed by atoms with Gasteiger partial charge in [0.05, 0.1) is 12.2 Å². The van der Waals surface area contributed by atoms with Crippen molar-refractivity contribution in [3.8, 4) is 6.07 Å². The van der Waals surface area contributed by atoms with Crippen molar-refractivity contribution in [1.29, 1.82) is 5.26 Å². The third kappa shape index (κ3) is 4.16. The molecular formula is C13H19N3O5. The van der Waals surface area contributed by atoms with Gasteiger partial charge in [-0.25, -0.2) is 4.79 Å². The van der Waals surface area contributed by atoms with E-state index in [9.17, 15) is 19.5 Å². The maximum atomic E-state index is 12.2. The summed E-state index contributed by atoms with van der Waals surface area (Å²) >= 11 is 0. The molecule has 21 heavy (non-hydrogen) atoms. The molecule has 1 aliphatic rings. The molecule has 8 heteroatoms. The van der Waals surface area contributed by atoms with Crippen molar-refractivity contribution >= 4 is 17.8 Å². The minimum Gasteiger partial charge on any atom is -0.480 e. The largest absolute Gasteiger partial charge is 0.480 e. The van der Waals surface area contributed by atoms with E-state index in [0.717, 1.165) is 0 Å². The Hall–Kier alpha value is -2.14. The first-order chi connectivity index (χ1) is 9.77. The average molecular weight is 297 g/mol. The van der Waals surface area contributed by atoms with Gasteiger partial charge in [0.2, 0.25) is 11.8 Å². The standard InChI is InChI=1S/C13H19N3O5/c1-7(3-4-14)11(13(20)21)15-12(19)10-5-9(18)6-16(10)8(2)17/h7,9-11,18H,3,5-6H2,1-2H3,(H,15,19)(H,20,21)/t7-,9-,10+,11-/m1/s1. The predicted octanol–water partition coefficient (Wildman–Crippen LogP) is -0.913. The number of nitriles is 1. The van der Waals surface area contributed by atoms with E-state index in [1.807, 2.05) is 6.07 Å². The maximum Gasteiger partial charge on any atom is 0.326 e. The second kappa shape index (κ2) is 7.04. The zero-order valence-electron chi connectivity index (χ0n) is 11.9. The van der Waals surface area contributed by atoms with E-state index in [2.05, 4.69) is 5.32 Å². The molecule has 0 aliphatic carbocycles. The van der Waals surface area contributed by atoms with Crippen LogP contribution in [-0.4, -0.2) is 57.6 Å². The molecule has 0 saturated carbocycles. The van der Waals surface area contributed by atoms with Gasteiger partial charge in [-0.3, -0.25) is 9.59 Å². The number of nitrogens with one attached hydrogen (secondary N) is 1. The minimum absolute atomic E-state index is 0.0129. The number of aliphatic carboxylic acids is 1. The summed E-state index contributed by atoms with van der Waals surface area (Å²) in [6.07, 6.45) is -0.741. The summed E-state index contributed by atoms with van der Waals surface area (Å²) < 4.78 is 0. The Kier molecular flexibility index (Phi) is 5.67. The van der Waals surface area contributed by atoms with Gasteiger partial charge in [0.15, 0.2) is 0 Å². The lowest BCUT2D eigenvalue weighted by Gasteiger charge is -2.25. The quantitative estimate of drug-likeness (QED) is 0.602. The molecule has 1 aliphatic heterocycles. The van der Waals surface area contributed by atoms with Crippen LogP contribution in [0.4, 0.5) is 0 Å². The van der Waals surface area contributed by atoms with Gasteiger partial charge >= 0.3 is 5.97 Å². The van der Waals surface area contributed by atoms with Crippen LogP contribution >= 0.6 is 0 Å². The molecule has 0 radical (unpaired) electrons. The Morgan fingerprint density at radius 3 is 2.57 bits per heavy atom. The molecule has 0 aromatic carbocycles. The van der Waals surface area contributed by atoms with Gasteiger partial charge in [-0.2, -0.15) is 5.26 Å². The third-order valence-corrected chi connectivity index (χ3v) is 3.53. The van der Waals surface area contributed by atoms with Crippen LogP contribution in [0, 0.1) is 17.2 Å². The first-order valence-electron chi connectivity index (χ1n) is 6.63. The van der Waals surface area contributed by atoms with Gasteiger partial charge in [-0.1, -0.05) is 6.92 Å². The van der Waals surface area contributed by atoms with Crippen LogP contribution in [-0.2, 0) is 14.4 Å². The zero-order chi connectivity index (χ0) is 16.2. The highest BCUT2D eigenvalue weighted by molar-refractivity contribution is 5.90. The molecule has 0 spiro atoms. The van der Waals surface area contributed by atoms with E-state index in [1.165, 1.54) is 11.8 Å². The Morgan fingerprint density at radius 2 is 2.10 bits per heavy atom. The molecular weight excluding hydrogens is 278 g/mol. The number of carbonyl (C=O) groups excluding carboxylic acids is 2. The molecule has 1 saturated heterocycles. The summed E-state index contributed by atoms with van der Waals surface area (Å²) in [6, 6.07) is -0.225. The molecule has 1 fully saturated rings. The third-order valence-electron chi connectivity index (χ3n) is 3.53. The van der Waals surface area contributed by atoms with Crippen LogP contribution in [0.1, 0.15) is 26.7 Å². The monoisotopic (exact) mass is 297 g/mol. The van der Waals surface area contributed by atoms with Crippen molar-refractivity contribution in [2.24, 2.45) is 5.92 Å². The van der Waals surface area contributed by atoms with Gasteiger partial charge in [-0.05, 0) is 0 Å². The summed E-state index contributed by atoms with van der Waals surface area (Å²) in [5.41, 5.74) is 0. The van der Waals surface area contributed by atoms with Crippen LogP contribution in [0.25, 0.3) is 0 Å². The van der Waals surface area contributed by atoms with E-state index in [1.54, 1.807) is 6.92 Å². The number of carbonyl (C=O) groups is 3. The number of nitrogens with zero attached hydrogens (tertiary/aromatic N) is 2. The lowest BCUT2D eigenvalue weighted by Crippen LogP contribution is -2.52. The molecule has 2 amide bonds. The van der Waals surface area contributed by atoms with Gasteiger partial charge in [0.25, 0.3) is 0 Å². The number of aliphatic hydroxyl groups excluding tert-OH is 1. The molecule has 8 nitrogen and oxygen atoms in total. The Morgan fingerprint density at radius 1 is 1.48 bits per heavy atom. The molecule has 1 rings (SSSR count). The number of likely N-dealkylation sites (tertiary alicyclic amines) is 1. The van der Waals surface area contributed by atoms with E-state index in [0.29, 0.717) is 0 Å². The number of aliphatic hydroxyl groups is 1. The Labute approximate surface area is 122 Å². The summed E-state index contributed by atoms with van der Waals surface area (Å²) in [5.74, 6) is -2.78. The van der Waals surface area contributed by atoms with E-state index in [-0.39, 0.29) is 25.3 Å². The fourth-order valence-corrected chi connectivity index (χ4v) is 2.37. The second-order valence-corrected chi connectivity index (χ2v) is 5.24. The predicted molar refractivity (Wildman–Crippen MR) is 70.8 cm³/mol. The van der Waals surface area contributed by atoms with Crippen LogP contribution in [0.5, 0.6) is 0 Å². The number of hydrogen-bond donors (Lipinski definition) is 3. The number of carboxylic acid groups (broad SMARTS) is 1. The average Bonchev–Trinajstić information content (AvgIpc) is 2.78. The first kappa shape index (κ1) is 16.9. The highest BCUT2D eigenvalue weighted by atomic mass is 16.4. The molecule has 0 aromatic heterocycles. The van der Waals surface area contributed by atoms with Crippen LogP contribution in [0.15, 0.2) is 0 Å². The molecule has 4 atom stereocenters. The Bertz CT molecular complexity index is 473. The van der Waals surface area contributed by atoms with Crippen LogP contribution < -0.4 is 5.32 Å². The first-order valence-corrected chi connectivity index (χ1v) is 6.63. The smallest absolute Gasteiger partial charge is 0.326 e. The number of rotatable bonds is 5. The second-order valence-electron chi connectivity index (χ2n) is 5.24. The maximum absolute atomic E-state index is 12.2. The summed E-state index contributed by atoms with van der Waals surface area (Å²) in [6.45, 7) is 2.89. The minimum atomic E-state index is -1.24. The molecule has 0 unspecified atom stereocenters. The van der Waals surface area contributed by atoms with Crippen molar-refractivity contribution in [2.75, 3.05) is 6.54 Å². The molecule has 3 N–H and O–H groups in total. The SMILES string of the molecule is CC(=O)N1C[C@H](O)C[C@H]1C(=O)N[C@@H](C(=O)O)[C@H](C)CC#N.